The highest BCUT2D eigenvalue weighted by molar-refractivity contribution is 5.78. The van der Waals surface area contributed by atoms with Gasteiger partial charge in [-0.3, -0.25) is 9.59 Å². The summed E-state index contributed by atoms with van der Waals surface area (Å²) in [5.41, 5.74) is 5.28. The van der Waals surface area contributed by atoms with Crippen molar-refractivity contribution >= 4 is 11.8 Å². The van der Waals surface area contributed by atoms with Gasteiger partial charge in [0.25, 0.3) is 0 Å². The Morgan fingerprint density at radius 2 is 1.72 bits per heavy atom. The smallest absolute Gasteiger partial charge is 0.222 e. The second-order valence-corrected chi connectivity index (χ2v) is 4.37. The minimum absolute atomic E-state index is 0.0224. The summed E-state index contributed by atoms with van der Waals surface area (Å²) in [6, 6.07) is 0. The van der Waals surface area contributed by atoms with Crippen LogP contribution in [0.3, 0.4) is 0 Å². The summed E-state index contributed by atoms with van der Waals surface area (Å²) >= 11 is 0. The van der Waals surface area contributed by atoms with Crippen molar-refractivity contribution < 1.29 is 9.59 Å². The molecule has 0 heterocycles. The van der Waals surface area contributed by atoms with Crippen molar-refractivity contribution in [1.29, 1.82) is 0 Å². The molecule has 0 fully saturated rings. The molecule has 0 saturated carbocycles. The van der Waals surface area contributed by atoms with Crippen molar-refractivity contribution in [2.75, 3.05) is 26.2 Å². The molecular formula is C13H27N3O2. The molecule has 5 heteroatoms. The number of amides is 2. The first-order chi connectivity index (χ1) is 8.65. The molecule has 0 spiro atoms. The van der Waals surface area contributed by atoms with Gasteiger partial charge in [-0.2, -0.15) is 0 Å². The van der Waals surface area contributed by atoms with Gasteiger partial charge < -0.3 is 16.0 Å². The van der Waals surface area contributed by atoms with Crippen LogP contribution in [0.25, 0.3) is 0 Å². The van der Waals surface area contributed by atoms with E-state index in [9.17, 15) is 9.59 Å². The Hall–Kier alpha value is -1.10. The van der Waals surface area contributed by atoms with E-state index in [1.54, 1.807) is 0 Å². The molecule has 0 aliphatic rings. The molecule has 0 bridgehead atoms. The van der Waals surface area contributed by atoms with Gasteiger partial charge >= 0.3 is 0 Å². The molecule has 0 aliphatic heterocycles. The fourth-order valence-electron chi connectivity index (χ4n) is 1.76. The molecule has 0 saturated heterocycles. The summed E-state index contributed by atoms with van der Waals surface area (Å²) in [6.07, 6.45) is 3.42. The lowest BCUT2D eigenvalue weighted by molar-refractivity contribution is -0.131. The number of carbonyl (C=O) groups excluding carboxylic acids is 2. The lowest BCUT2D eigenvalue weighted by Crippen LogP contribution is -2.33. The van der Waals surface area contributed by atoms with Crippen LogP contribution in [0.4, 0.5) is 0 Å². The van der Waals surface area contributed by atoms with Crippen LogP contribution >= 0.6 is 0 Å². The van der Waals surface area contributed by atoms with Crippen LogP contribution in [0.15, 0.2) is 0 Å². The van der Waals surface area contributed by atoms with Crippen LogP contribution in [0.5, 0.6) is 0 Å². The van der Waals surface area contributed by atoms with Crippen molar-refractivity contribution in [3.05, 3.63) is 0 Å². The maximum absolute atomic E-state index is 11.9. The van der Waals surface area contributed by atoms with Crippen LogP contribution in [-0.4, -0.2) is 42.9 Å². The van der Waals surface area contributed by atoms with E-state index in [4.69, 9.17) is 5.73 Å². The van der Waals surface area contributed by atoms with Crippen molar-refractivity contribution in [2.24, 2.45) is 5.73 Å². The fraction of sp³-hybridized carbons (Fsp3) is 0.846. The zero-order valence-corrected chi connectivity index (χ0v) is 11.7. The second kappa shape index (κ2) is 11.0. The minimum atomic E-state index is -0.0224. The van der Waals surface area contributed by atoms with Crippen LogP contribution in [0, 0.1) is 0 Å². The highest BCUT2D eigenvalue weighted by Gasteiger charge is 2.11. The number of rotatable bonds is 10. The average molecular weight is 257 g/mol. The number of hydrogen-bond acceptors (Lipinski definition) is 3. The van der Waals surface area contributed by atoms with Gasteiger partial charge in [0.2, 0.25) is 11.8 Å². The molecule has 2 amide bonds. The highest BCUT2D eigenvalue weighted by atomic mass is 16.2. The molecule has 106 valence electrons. The van der Waals surface area contributed by atoms with Gasteiger partial charge in [-0.05, 0) is 19.3 Å². The third kappa shape index (κ3) is 8.06. The standard InChI is InChI=1S/C13H27N3O2/c1-3-10-16(11-4-2)13(18)7-5-6-12(17)15-9-8-14/h3-11,14H2,1-2H3,(H,15,17). The first-order valence-electron chi connectivity index (χ1n) is 6.90. The molecule has 5 nitrogen and oxygen atoms in total. The predicted molar refractivity (Wildman–Crippen MR) is 73.1 cm³/mol. The zero-order valence-electron chi connectivity index (χ0n) is 11.7. The Balaban J connectivity index is 3.82. The molecule has 0 rings (SSSR count). The lowest BCUT2D eigenvalue weighted by Gasteiger charge is -2.21. The summed E-state index contributed by atoms with van der Waals surface area (Å²) < 4.78 is 0. The number of hydrogen-bond donors (Lipinski definition) is 2. The quantitative estimate of drug-likeness (QED) is 0.610. The fourth-order valence-corrected chi connectivity index (χ4v) is 1.76. The molecule has 0 radical (unpaired) electrons. The van der Waals surface area contributed by atoms with E-state index in [0.717, 1.165) is 25.9 Å². The van der Waals surface area contributed by atoms with Crippen molar-refractivity contribution in [3.8, 4) is 0 Å². The van der Waals surface area contributed by atoms with Crippen LogP contribution in [0.2, 0.25) is 0 Å². The summed E-state index contributed by atoms with van der Waals surface area (Å²) in [7, 11) is 0. The lowest BCUT2D eigenvalue weighted by atomic mass is 10.2. The maximum Gasteiger partial charge on any atom is 0.222 e. The molecular weight excluding hydrogens is 230 g/mol. The number of nitrogens with two attached hydrogens (primary N) is 1. The summed E-state index contributed by atoms with van der Waals surface area (Å²) in [4.78, 5) is 25.1. The minimum Gasteiger partial charge on any atom is -0.355 e. The van der Waals surface area contributed by atoms with E-state index in [1.807, 2.05) is 4.90 Å². The van der Waals surface area contributed by atoms with Gasteiger partial charge in [0.1, 0.15) is 0 Å². The van der Waals surface area contributed by atoms with Gasteiger partial charge in [-0.1, -0.05) is 13.8 Å². The second-order valence-electron chi connectivity index (χ2n) is 4.37. The SMILES string of the molecule is CCCN(CCC)C(=O)CCCC(=O)NCCN. The zero-order chi connectivity index (χ0) is 13.8. The monoisotopic (exact) mass is 257 g/mol. The summed E-state index contributed by atoms with van der Waals surface area (Å²) in [5, 5.41) is 2.70. The molecule has 0 atom stereocenters. The molecule has 0 unspecified atom stereocenters. The molecule has 0 aromatic heterocycles. The maximum atomic E-state index is 11.9. The Labute approximate surface area is 110 Å². The largest absolute Gasteiger partial charge is 0.355 e. The highest BCUT2D eigenvalue weighted by Crippen LogP contribution is 2.03. The molecule has 0 aromatic rings. The summed E-state index contributed by atoms with van der Waals surface area (Å²) in [6.45, 7) is 6.71. The average Bonchev–Trinajstić information content (AvgIpc) is 2.36. The first kappa shape index (κ1) is 16.9. The van der Waals surface area contributed by atoms with Crippen molar-refractivity contribution in [3.63, 3.8) is 0 Å². The van der Waals surface area contributed by atoms with E-state index in [-0.39, 0.29) is 11.8 Å². The van der Waals surface area contributed by atoms with E-state index in [1.165, 1.54) is 0 Å². The third-order valence-corrected chi connectivity index (χ3v) is 2.60. The van der Waals surface area contributed by atoms with Gasteiger partial charge in [-0.25, -0.2) is 0 Å². The van der Waals surface area contributed by atoms with Crippen LogP contribution < -0.4 is 11.1 Å². The van der Waals surface area contributed by atoms with Crippen LogP contribution in [-0.2, 0) is 9.59 Å². The molecule has 18 heavy (non-hydrogen) atoms. The molecule has 3 N–H and O–H groups in total. The normalized spacial score (nSPS) is 10.2. The van der Waals surface area contributed by atoms with E-state index < -0.39 is 0 Å². The Morgan fingerprint density at radius 3 is 2.22 bits per heavy atom. The van der Waals surface area contributed by atoms with E-state index in [2.05, 4.69) is 19.2 Å². The third-order valence-electron chi connectivity index (χ3n) is 2.60. The first-order valence-corrected chi connectivity index (χ1v) is 6.90. The van der Waals surface area contributed by atoms with E-state index in [0.29, 0.717) is 32.4 Å². The molecule has 0 aliphatic carbocycles. The van der Waals surface area contributed by atoms with Crippen LogP contribution in [0.1, 0.15) is 46.0 Å². The van der Waals surface area contributed by atoms with Gasteiger partial charge in [-0.15, -0.1) is 0 Å². The molecule has 0 aromatic carbocycles. The Bertz CT molecular complexity index is 238. The Morgan fingerprint density at radius 1 is 1.11 bits per heavy atom. The van der Waals surface area contributed by atoms with Crippen molar-refractivity contribution in [2.45, 2.75) is 46.0 Å². The number of nitrogens with zero attached hydrogens (tertiary/aromatic N) is 1. The summed E-state index contributed by atoms with van der Waals surface area (Å²) in [5.74, 6) is 0.135. The Kier molecular flexibility index (Phi) is 10.3. The topological polar surface area (TPSA) is 75.4 Å². The van der Waals surface area contributed by atoms with Gasteiger partial charge in [0, 0.05) is 39.0 Å². The van der Waals surface area contributed by atoms with Gasteiger partial charge in [0.15, 0.2) is 0 Å². The number of nitrogens with one attached hydrogen (secondary N) is 1. The van der Waals surface area contributed by atoms with E-state index >= 15 is 0 Å². The predicted octanol–water partition coefficient (Wildman–Crippen LogP) is 0.880. The van der Waals surface area contributed by atoms with Crippen molar-refractivity contribution in [1.82, 2.24) is 10.2 Å². The van der Waals surface area contributed by atoms with Gasteiger partial charge in [0.05, 0.1) is 0 Å². The number of carbonyl (C=O) groups is 2.